The van der Waals surface area contributed by atoms with Crippen LogP contribution in [0.4, 0.5) is 18.0 Å². The number of aromatic amines is 1. The minimum Gasteiger partial charge on any atom is -0.444 e. The van der Waals surface area contributed by atoms with Gasteiger partial charge in [0.05, 0.1) is 33.7 Å². The average Bonchev–Trinajstić information content (AvgIpc) is 3.37. The van der Waals surface area contributed by atoms with Crippen LogP contribution in [0, 0.1) is 0 Å². The number of amides is 1. The molecule has 3 aromatic rings. The molecule has 1 amide bonds. The van der Waals surface area contributed by atoms with E-state index in [4.69, 9.17) is 16.3 Å². The molecule has 2 aromatic carbocycles. The van der Waals surface area contributed by atoms with Gasteiger partial charge in [-0.1, -0.05) is 18.5 Å². The maximum Gasteiger partial charge on any atom is 0.416 e. The molecule has 10 nitrogen and oxygen atoms in total. The third-order valence-corrected chi connectivity index (χ3v) is 9.51. The van der Waals surface area contributed by atoms with Crippen molar-refractivity contribution in [1.82, 2.24) is 19.4 Å². The van der Waals surface area contributed by atoms with Gasteiger partial charge in [-0.25, -0.2) is 18.0 Å². The fourth-order valence-electron chi connectivity index (χ4n) is 5.18. The average molecular weight is 659 g/mol. The maximum absolute atomic E-state index is 14.3. The number of nitrogens with one attached hydrogen (secondary N) is 1. The summed E-state index contributed by atoms with van der Waals surface area (Å²) in [7, 11) is -2.19. The smallest absolute Gasteiger partial charge is 0.416 e. The van der Waals surface area contributed by atoms with Crippen LogP contribution in [0.25, 0.3) is 10.9 Å². The van der Waals surface area contributed by atoms with E-state index < -0.39 is 51.1 Å². The number of ether oxygens (including phenoxy) is 1. The standard InChI is InChI=1S/C29H34ClF3N4O6S/c1-6-44(41,42)24-8-7-19(30)11-18(24)15-37-25(38)21-13-22(29(31,32)33)17(12-23(21)34-26(37)39)14-36-10-9-20(16-36)35(5)27(40)43-28(2,3)4/h7-8,11-13,20H,6,9-10,14-16H2,1-5H3,(H,34,39)/t20-/m1/s1. The third-order valence-electron chi connectivity index (χ3n) is 7.45. The molecule has 1 N–H and O–H groups in total. The number of rotatable bonds is 7. The van der Waals surface area contributed by atoms with Crippen molar-refractivity contribution in [1.29, 1.82) is 0 Å². The molecule has 0 saturated carbocycles. The lowest BCUT2D eigenvalue weighted by molar-refractivity contribution is -0.138. The van der Waals surface area contributed by atoms with Crippen molar-refractivity contribution in [3.8, 4) is 0 Å². The number of H-pyrrole nitrogens is 1. The molecule has 15 heteroatoms. The van der Waals surface area contributed by atoms with Crippen molar-refractivity contribution in [3.05, 3.63) is 72.9 Å². The van der Waals surface area contributed by atoms with Gasteiger partial charge >= 0.3 is 18.0 Å². The molecule has 0 radical (unpaired) electrons. The summed E-state index contributed by atoms with van der Waals surface area (Å²) in [6, 6.07) is 5.49. The zero-order valence-corrected chi connectivity index (χ0v) is 26.5. The molecule has 0 spiro atoms. The van der Waals surface area contributed by atoms with E-state index in [9.17, 15) is 36.0 Å². The Balaban J connectivity index is 1.69. The highest BCUT2D eigenvalue weighted by molar-refractivity contribution is 7.91. The highest BCUT2D eigenvalue weighted by Crippen LogP contribution is 2.35. The van der Waals surface area contributed by atoms with Crippen LogP contribution >= 0.6 is 11.6 Å². The van der Waals surface area contributed by atoms with Gasteiger partial charge in [0, 0.05) is 37.7 Å². The van der Waals surface area contributed by atoms with E-state index in [0.29, 0.717) is 30.1 Å². The number of likely N-dealkylation sites (N-methyl/N-ethyl adjacent to an activating group) is 1. The Morgan fingerprint density at radius 3 is 2.41 bits per heavy atom. The second-order valence-corrected chi connectivity index (χ2v) is 14.5. The highest BCUT2D eigenvalue weighted by Gasteiger charge is 2.36. The van der Waals surface area contributed by atoms with Gasteiger partial charge in [-0.05, 0) is 68.7 Å². The van der Waals surface area contributed by atoms with Gasteiger partial charge < -0.3 is 14.6 Å². The van der Waals surface area contributed by atoms with Crippen molar-refractivity contribution >= 4 is 38.4 Å². The summed E-state index contributed by atoms with van der Waals surface area (Å²) < 4.78 is 74.2. The number of benzene rings is 2. The molecule has 240 valence electrons. The van der Waals surface area contributed by atoms with Crippen molar-refractivity contribution in [2.45, 2.75) is 69.9 Å². The summed E-state index contributed by atoms with van der Waals surface area (Å²) in [5.41, 5.74) is -3.86. The Morgan fingerprint density at radius 2 is 1.80 bits per heavy atom. The highest BCUT2D eigenvalue weighted by atomic mass is 35.5. The number of alkyl halides is 3. The number of carbonyl (C=O) groups is 1. The van der Waals surface area contributed by atoms with Crippen molar-refractivity contribution in [2.75, 3.05) is 25.9 Å². The molecule has 1 atom stereocenters. The summed E-state index contributed by atoms with van der Waals surface area (Å²) in [6.07, 6.45) is -4.83. The quantitative estimate of drug-likeness (QED) is 0.392. The Labute approximate surface area is 257 Å². The molecule has 2 heterocycles. The maximum atomic E-state index is 14.3. The fourth-order valence-corrected chi connectivity index (χ4v) is 6.48. The Morgan fingerprint density at radius 1 is 1.11 bits per heavy atom. The lowest BCUT2D eigenvalue weighted by Crippen LogP contribution is -2.42. The number of aromatic nitrogens is 2. The number of halogens is 4. The zero-order chi connectivity index (χ0) is 32.8. The first-order chi connectivity index (χ1) is 20.3. The summed E-state index contributed by atoms with van der Waals surface area (Å²) in [6.45, 7) is 6.69. The van der Waals surface area contributed by atoms with Crippen LogP contribution in [-0.2, 0) is 33.8 Å². The van der Waals surface area contributed by atoms with Crippen LogP contribution in [0.1, 0.15) is 50.8 Å². The van der Waals surface area contributed by atoms with E-state index in [2.05, 4.69) is 4.98 Å². The molecule has 1 aliphatic heterocycles. The van der Waals surface area contributed by atoms with E-state index in [-0.39, 0.29) is 50.3 Å². The van der Waals surface area contributed by atoms with E-state index in [1.54, 1.807) is 32.7 Å². The van der Waals surface area contributed by atoms with E-state index in [0.717, 1.165) is 6.07 Å². The van der Waals surface area contributed by atoms with Crippen LogP contribution in [0.2, 0.25) is 5.02 Å². The molecule has 1 aromatic heterocycles. The molecular weight excluding hydrogens is 625 g/mol. The van der Waals surface area contributed by atoms with Crippen molar-refractivity contribution in [2.24, 2.45) is 0 Å². The molecule has 0 unspecified atom stereocenters. The minimum absolute atomic E-state index is 0.0545. The molecule has 0 aliphatic carbocycles. The topological polar surface area (TPSA) is 122 Å². The fraction of sp³-hybridized carbons (Fsp3) is 0.483. The van der Waals surface area contributed by atoms with Gasteiger partial charge in [-0.3, -0.25) is 14.3 Å². The number of hydrogen-bond donors (Lipinski definition) is 1. The summed E-state index contributed by atoms with van der Waals surface area (Å²) in [5, 5.41) is -0.225. The number of carbonyl (C=O) groups excluding carboxylic acids is 1. The summed E-state index contributed by atoms with van der Waals surface area (Å²) in [4.78, 5) is 44.5. The first-order valence-corrected chi connectivity index (χ1v) is 15.9. The monoisotopic (exact) mass is 658 g/mol. The SMILES string of the molecule is CCS(=O)(=O)c1ccc(Cl)cc1Cn1c(=O)[nH]c2cc(CN3CC[C@@H](N(C)C(=O)OC(C)(C)C)C3)c(C(F)(F)F)cc2c1=O. The number of fused-ring (bicyclic) bond motifs is 1. The Hall–Kier alpha value is -3.36. The number of nitrogens with zero attached hydrogens (tertiary/aromatic N) is 3. The molecule has 1 saturated heterocycles. The van der Waals surface area contributed by atoms with Gasteiger partial charge in [-0.2, -0.15) is 13.2 Å². The molecule has 1 aliphatic rings. The van der Waals surface area contributed by atoms with Gasteiger partial charge in [-0.15, -0.1) is 0 Å². The molecule has 1 fully saturated rings. The van der Waals surface area contributed by atoms with Gasteiger partial charge in [0.1, 0.15) is 5.60 Å². The van der Waals surface area contributed by atoms with Crippen LogP contribution in [-0.4, -0.2) is 71.4 Å². The second-order valence-electron chi connectivity index (χ2n) is 11.8. The van der Waals surface area contributed by atoms with Gasteiger partial charge in [0.15, 0.2) is 9.84 Å². The Kier molecular flexibility index (Phi) is 9.30. The predicted octanol–water partition coefficient (Wildman–Crippen LogP) is 4.65. The summed E-state index contributed by atoms with van der Waals surface area (Å²) >= 11 is 6.05. The molecule has 0 bridgehead atoms. The van der Waals surface area contributed by atoms with Crippen LogP contribution in [0.3, 0.4) is 0 Å². The number of likely N-dealkylation sites (tertiary alicyclic amines) is 1. The number of hydrogen-bond acceptors (Lipinski definition) is 7. The summed E-state index contributed by atoms with van der Waals surface area (Å²) in [5.74, 6) is -0.253. The van der Waals surface area contributed by atoms with E-state index in [1.165, 1.54) is 30.0 Å². The van der Waals surface area contributed by atoms with Crippen LogP contribution in [0.15, 0.2) is 44.8 Å². The first-order valence-electron chi connectivity index (χ1n) is 13.9. The molecular formula is C29H34ClF3N4O6S. The van der Waals surface area contributed by atoms with Crippen LogP contribution < -0.4 is 11.2 Å². The van der Waals surface area contributed by atoms with Gasteiger partial charge in [0.25, 0.3) is 5.56 Å². The molecule has 44 heavy (non-hydrogen) atoms. The molecule has 4 rings (SSSR count). The largest absolute Gasteiger partial charge is 0.444 e. The van der Waals surface area contributed by atoms with Gasteiger partial charge in [0.2, 0.25) is 0 Å². The normalized spacial score (nSPS) is 16.4. The lowest BCUT2D eigenvalue weighted by Gasteiger charge is -2.28. The van der Waals surface area contributed by atoms with Crippen molar-refractivity contribution in [3.63, 3.8) is 0 Å². The first kappa shape index (κ1) is 33.5. The predicted molar refractivity (Wildman–Crippen MR) is 160 cm³/mol. The lowest BCUT2D eigenvalue weighted by atomic mass is 10.0. The van der Waals surface area contributed by atoms with E-state index in [1.807, 2.05) is 0 Å². The zero-order valence-electron chi connectivity index (χ0n) is 24.9. The Bertz CT molecular complexity index is 1810. The van der Waals surface area contributed by atoms with E-state index >= 15 is 0 Å². The van der Waals surface area contributed by atoms with Crippen LogP contribution in [0.5, 0.6) is 0 Å². The second kappa shape index (κ2) is 12.2. The third kappa shape index (κ3) is 7.29. The van der Waals surface area contributed by atoms with Crippen molar-refractivity contribution < 1.29 is 31.1 Å². The minimum atomic E-state index is -4.82. The number of sulfone groups is 1.